The molecule has 0 saturated heterocycles. The molecule has 1 aliphatic carbocycles. The lowest BCUT2D eigenvalue weighted by Gasteiger charge is -2.30. The molecule has 1 N–H and O–H groups in total. The van der Waals surface area contributed by atoms with Crippen molar-refractivity contribution in [3.63, 3.8) is 0 Å². The molecule has 1 saturated carbocycles. The second-order valence-electron chi connectivity index (χ2n) is 4.74. The van der Waals surface area contributed by atoms with E-state index in [1.807, 2.05) is 31.2 Å². The van der Waals surface area contributed by atoms with Gasteiger partial charge in [0.25, 0.3) is 0 Å². The van der Waals surface area contributed by atoms with Crippen LogP contribution in [0.5, 0.6) is 5.75 Å². The van der Waals surface area contributed by atoms with Gasteiger partial charge in [0, 0.05) is 11.6 Å². The van der Waals surface area contributed by atoms with Gasteiger partial charge in [0.1, 0.15) is 11.3 Å². The van der Waals surface area contributed by atoms with Crippen molar-refractivity contribution < 1.29 is 14.3 Å². The van der Waals surface area contributed by atoms with Gasteiger partial charge in [-0.1, -0.05) is 18.2 Å². The van der Waals surface area contributed by atoms with E-state index in [0.29, 0.717) is 11.8 Å². The summed E-state index contributed by atoms with van der Waals surface area (Å²) >= 11 is 0. The van der Waals surface area contributed by atoms with Crippen LogP contribution in [-0.2, 0) is 15.1 Å². The highest BCUT2D eigenvalue weighted by Crippen LogP contribution is 2.34. The molecule has 4 heteroatoms. The Morgan fingerprint density at radius 1 is 1.33 bits per heavy atom. The topological polar surface area (TPSA) is 47.6 Å². The number of carbonyl (C=O) groups excluding carboxylic acids is 1. The van der Waals surface area contributed by atoms with Crippen molar-refractivity contribution in [3.05, 3.63) is 29.8 Å². The molecule has 1 unspecified atom stereocenters. The number of carbonyl (C=O) groups is 1. The molecule has 18 heavy (non-hydrogen) atoms. The lowest BCUT2D eigenvalue weighted by atomic mass is 9.91. The van der Waals surface area contributed by atoms with Crippen molar-refractivity contribution >= 4 is 5.97 Å². The molecule has 0 bridgehead atoms. The number of nitrogens with one attached hydrogen (secondary N) is 1. The minimum absolute atomic E-state index is 0.293. The molecule has 1 aromatic carbocycles. The highest BCUT2D eigenvalue weighted by atomic mass is 16.5. The van der Waals surface area contributed by atoms with Crippen LogP contribution in [0.2, 0.25) is 0 Å². The molecule has 1 atom stereocenters. The number of benzene rings is 1. The quantitative estimate of drug-likeness (QED) is 0.809. The van der Waals surface area contributed by atoms with Crippen LogP contribution >= 0.6 is 0 Å². The zero-order valence-corrected chi connectivity index (χ0v) is 11.0. The number of hydrogen-bond acceptors (Lipinski definition) is 4. The third kappa shape index (κ3) is 2.34. The Morgan fingerprint density at radius 2 is 2.00 bits per heavy atom. The van der Waals surface area contributed by atoms with E-state index in [0.717, 1.165) is 18.4 Å². The Hall–Kier alpha value is -1.55. The van der Waals surface area contributed by atoms with Gasteiger partial charge in [0.05, 0.1) is 14.2 Å². The van der Waals surface area contributed by atoms with Crippen LogP contribution in [-0.4, -0.2) is 26.2 Å². The number of methoxy groups -OCH3 is 2. The number of hydrogen-bond donors (Lipinski definition) is 1. The van der Waals surface area contributed by atoms with Gasteiger partial charge in [-0.2, -0.15) is 0 Å². The monoisotopic (exact) mass is 249 g/mol. The van der Waals surface area contributed by atoms with Crippen molar-refractivity contribution in [2.75, 3.05) is 14.2 Å². The summed E-state index contributed by atoms with van der Waals surface area (Å²) < 4.78 is 10.3. The largest absolute Gasteiger partial charge is 0.496 e. The highest BCUT2D eigenvalue weighted by molar-refractivity contribution is 5.83. The Kier molecular flexibility index (Phi) is 3.57. The van der Waals surface area contributed by atoms with Crippen LogP contribution in [0.4, 0.5) is 0 Å². The Balaban J connectivity index is 2.40. The molecule has 98 valence electrons. The van der Waals surface area contributed by atoms with Gasteiger partial charge in [-0.3, -0.25) is 5.32 Å². The van der Waals surface area contributed by atoms with E-state index in [1.165, 1.54) is 7.11 Å². The van der Waals surface area contributed by atoms with Crippen LogP contribution in [0.15, 0.2) is 24.3 Å². The fourth-order valence-electron chi connectivity index (χ4n) is 2.14. The second kappa shape index (κ2) is 4.98. The summed E-state index contributed by atoms with van der Waals surface area (Å²) in [5.41, 5.74) is -0.0473. The van der Waals surface area contributed by atoms with Crippen LogP contribution in [0.25, 0.3) is 0 Å². The van der Waals surface area contributed by atoms with E-state index >= 15 is 0 Å². The average molecular weight is 249 g/mol. The Labute approximate surface area is 107 Å². The molecule has 0 heterocycles. The molecule has 0 amide bonds. The molecular formula is C14H19NO3. The Bertz CT molecular complexity index is 442. The lowest BCUT2D eigenvalue weighted by Crippen LogP contribution is -2.48. The number of rotatable bonds is 5. The minimum atomic E-state index is -0.859. The minimum Gasteiger partial charge on any atom is -0.496 e. The van der Waals surface area contributed by atoms with Gasteiger partial charge in [-0.15, -0.1) is 0 Å². The van der Waals surface area contributed by atoms with Gasteiger partial charge in [0.2, 0.25) is 0 Å². The zero-order valence-electron chi connectivity index (χ0n) is 11.0. The normalized spacial score (nSPS) is 17.9. The van der Waals surface area contributed by atoms with Gasteiger partial charge in [-0.05, 0) is 25.8 Å². The summed E-state index contributed by atoms with van der Waals surface area (Å²) in [5.74, 6) is 0.400. The first-order chi connectivity index (χ1) is 8.61. The molecule has 0 radical (unpaired) electrons. The molecule has 4 nitrogen and oxygen atoms in total. The molecule has 1 aliphatic rings. The molecule has 0 aromatic heterocycles. The molecule has 0 aliphatic heterocycles. The van der Waals surface area contributed by atoms with E-state index < -0.39 is 5.54 Å². The second-order valence-corrected chi connectivity index (χ2v) is 4.74. The first-order valence-electron chi connectivity index (χ1n) is 6.11. The molecule has 1 fully saturated rings. The summed E-state index contributed by atoms with van der Waals surface area (Å²) in [5, 5.41) is 3.35. The highest BCUT2D eigenvalue weighted by Gasteiger charge is 2.42. The summed E-state index contributed by atoms with van der Waals surface area (Å²) in [6.07, 6.45) is 2.20. The molecule has 0 spiro atoms. The number of para-hydroxylation sites is 1. The van der Waals surface area contributed by atoms with Crippen molar-refractivity contribution in [2.45, 2.75) is 31.3 Å². The zero-order chi connectivity index (χ0) is 13.2. The van der Waals surface area contributed by atoms with E-state index in [9.17, 15) is 4.79 Å². The number of esters is 1. The van der Waals surface area contributed by atoms with Crippen molar-refractivity contribution in [3.8, 4) is 5.75 Å². The van der Waals surface area contributed by atoms with E-state index in [4.69, 9.17) is 9.47 Å². The average Bonchev–Trinajstić information content (AvgIpc) is 3.21. The summed E-state index contributed by atoms with van der Waals surface area (Å²) in [6, 6.07) is 7.92. The van der Waals surface area contributed by atoms with Crippen LogP contribution < -0.4 is 10.1 Å². The van der Waals surface area contributed by atoms with Crippen LogP contribution in [0.3, 0.4) is 0 Å². The van der Waals surface area contributed by atoms with Crippen molar-refractivity contribution in [1.82, 2.24) is 5.32 Å². The summed E-state index contributed by atoms with van der Waals surface area (Å²) in [7, 11) is 3.01. The van der Waals surface area contributed by atoms with Gasteiger partial charge < -0.3 is 9.47 Å². The summed E-state index contributed by atoms with van der Waals surface area (Å²) in [4.78, 5) is 12.1. The maximum Gasteiger partial charge on any atom is 0.330 e. The van der Waals surface area contributed by atoms with Gasteiger partial charge >= 0.3 is 5.97 Å². The fraction of sp³-hybridized carbons (Fsp3) is 0.500. The van der Waals surface area contributed by atoms with Crippen molar-refractivity contribution in [2.24, 2.45) is 0 Å². The SMILES string of the molecule is COC(=O)C(C)(NC1CC1)c1ccccc1OC. The lowest BCUT2D eigenvalue weighted by molar-refractivity contribution is -0.148. The molecule has 1 aromatic rings. The predicted octanol–water partition coefficient (Wildman–Crippen LogP) is 1.84. The van der Waals surface area contributed by atoms with Crippen LogP contribution in [0, 0.1) is 0 Å². The maximum absolute atomic E-state index is 12.1. The summed E-state index contributed by atoms with van der Waals surface area (Å²) in [6.45, 7) is 1.84. The number of ether oxygens (including phenoxy) is 2. The van der Waals surface area contributed by atoms with E-state index in [1.54, 1.807) is 7.11 Å². The maximum atomic E-state index is 12.1. The predicted molar refractivity (Wildman–Crippen MR) is 68.5 cm³/mol. The van der Waals surface area contributed by atoms with E-state index in [-0.39, 0.29) is 5.97 Å². The standard InChI is InChI=1S/C14H19NO3/c1-14(13(16)18-3,15-10-8-9-10)11-6-4-5-7-12(11)17-2/h4-7,10,15H,8-9H2,1-3H3. The third-order valence-electron chi connectivity index (χ3n) is 3.31. The van der Waals surface area contributed by atoms with E-state index in [2.05, 4.69) is 5.32 Å². The molecular weight excluding hydrogens is 230 g/mol. The molecule has 2 rings (SSSR count). The van der Waals surface area contributed by atoms with Crippen LogP contribution in [0.1, 0.15) is 25.3 Å². The smallest absolute Gasteiger partial charge is 0.330 e. The first-order valence-corrected chi connectivity index (χ1v) is 6.11. The fourth-order valence-corrected chi connectivity index (χ4v) is 2.14. The third-order valence-corrected chi connectivity index (χ3v) is 3.31. The van der Waals surface area contributed by atoms with Gasteiger partial charge in [-0.25, -0.2) is 4.79 Å². The van der Waals surface area contributed by atoms with Crippen molar-refractivity contribution in [1.29, 1.82) is 0 Å². The first kappa shape index (κ1) is 12.9. The Morgan fingerprint density at radius 3 is 2.56 bits per heavy atom. The van der Waals surface area contributed by atoms with Gasteiger partial charge in [0.15, 0.2) is 0 Å².